The van der Waals surface area contributed by atoms with E-state index in [4.69, 9.17) is 0 Å². The molecule has 0 fully saturated rings. The fourth-order valence-electron chi connectivity index (χ4n) is 1.70. The van der Waals surface area contributed by atoms with Gasteiger partial charge >= 0.3 is 0 Å². The van der Waals surface area contributed by atoms with Crippen LogP contribution in [0, 0.1) is 5.92 Å². The highest BCUT2D eigenvalue weighted by molar-refractivity contribution is 5.87. The summed E-state index contributed by atoms with van der Waals surface area (Å²) in [6.45, 7) is 4.38. The van der Waals surface area contributed by atoms with E-state index in [1.807, 2.05) is 6.07 Å². The van der Waals surface area contributed by atoms with Crippen LogP contribution < -0.4 is 5.43 Å². The molecule has 1 unspecified atom stereocenters. The maximum atomic E-state index is 4.36. The van der Waals surface area contributed by atoms with E-state index >= 15 is 0 Å². The third kappa shape index (κ3) is 1.79. The fourth-order valence-corrected chi connectivity index (χ4v) is 1.70. The zero-order valence-electron chi connectivity index (χ0n) is 8.70. The lowest BCUT2D eigenvalue weighted by Crippen LogP contribution is -2.10. The monoisotopic (exact) mass is 188 g/mol. The Morgan fingerprint density at radius 2 is 2.00 bits per heavy atom. The number of rotatable bonds is 2. The Morgan fingerprint density at radius 3 is 2.57 bits per heavy atom. The van der Waals surface area contributed by atoms with Crippen molar-refractivity contribution in [2.24, 2.45) is 11.0 Å². The van der Waals surface area contributed by atoms with E-state index in [0.717, 1.165) is 6.42 Å². The zero-order valence-corrected chi connectivity index (χ0v) is 8.70. The number of nitrogens with one attached hydrogen (secondary N) is 1. The van der Waals surface area contributed by atoms with Crippen LogP contribution in [0.4, 0.5) is 0 Å². The third-order valence-electron chi connectivity index (χ3n) is 2.65. The molecule has 0 spiro atoms. The second kappa shape index (κ2) is 3.82. The first-order chi connectivity index (χ1) is 6.77. The maximum Gasteiger partial charge on any atom is 0.0742 e. The van der Waals surface area contributed by atoms with Gasteiger partial charge in [-0.1, -0.05) is 44.2 Å². The van der Waals surface area contributed by atoms with Crippen LogP contribution in [0.15, 0.2) is 35.4 Å². The minimum absolute atomic E-state index is 0.383. The molecule has 74 valence electrons. The molecule has 1 aliphatic heterocycles. The number of nitrogens with zero attached hydrogens (tertiary/aromatic N) is 1. The third-order valence-corrected chi connectivity index (χ3v) is 2.65. The number of benzene rings is 1. The van der Waals surface area contributed by atoms with Crippen molar-refractivity contribution in [3.8, 4) is 0 Å². The van der Waals surface area contributed by atoms with E-state index in [1.54, 1.807) is 0 Å². The first-order valence-electron chi connectivity index (χ1n) is 5.14. The number of hydrogen-bond donors (Lipinski definition) is 1. The van der Waals surface area contributed by atoms with Crippen molar-refractivity contribution in [2.75, 3.05) is 0 Å². The summed E-state index contributed by atoms with van der Waals surface area (Å²) in [5, 5.41) is 4.36. The second-order valence-corrected chi connectivity index (χ2v) is 4.05. The molecule has 0 radical (unpaired) electrons. The molecule has 2 heteroatoms. The molecule has 14 heavy (non-hydrogen) atoms. The van der Waals surface area contributed by atoms with E-state index in [0.29, 0.717) is 12.0 Å². The van der Waals surface area contributed by atoms with Gasteiger partial charge in [0, 0.05) is 12.1 Å². The largest absolute Gasteiger partial charge is 0.302 e. The minimum atomic E-state index is 0.383. The summed E-state index contributed by atoms with van der Waals surface area (Å²) >= 11 is 0. The normalized spacial score (nSPS) is 20.8. The van der Waals surface area contributed by atoms with Crippen LogP contribution in [0.5, 0.6) is 0 Å². The van der Waals surface area contributed by atoms with Gasteiger partial charge in [0.15, 0.2) is 0 Å². The Morgan fingerprint density at radius 1 is 1.29 bits per heavy atom. The predicted octanol–water partition coefficient (Wildman–Crippen LogP) is 2.73. The first-order valence-corrected chi connectivity index (χ1v) is 5.14. The van der Waals surface area contributed by atoms with E-state index in [-0.39, 0.29) is 0 Å². The molecule has 0 saturated heterocycles. The fraction of sp³-hybridized carbons (Fsp3) is 0.417. The van der Waals surface area contributed by atoms with Gasteiger partial charge in [-0.25, -0.2) is 0 Å². The molecular weight excluding hydrogens is 172 g/mol. The molecule has 2 nitrogen and oxygen atoms in total. The van der Waals surface area contributed by atoms with Gasteiger partial charge in [-0.2, -0.15) is 5.10 Å². The highest BCUT2D eigenvalue weighted by atomic mass is 15.3. The molecule has 1 heterocycles. The molecule has 0 aliphatic carbocycles. The number of hydrazone groups is 1. The highest BCUT2D eigenvalue weighted by Gasteiger charge is 2.21. The molecule has 2 rings (SSSR count). The number of hydrogen-bond acceptors (Lipinski definition) is 2. The van der Waals surface area contributed by atoms with Crippen LogP contribution >= 0.6 is 0 Å². The summed E-state index contributed by atoms with van der Waals surface area (Å²) in [7, 11) is 0. The standard InChI is InChI=1S/C12H16N2/c1-9(2)11-8-12(14-13-11)10-6-4-3-5-7-10/h3-7,9,12,14H,8H2,1-2H3. The van der Waals surface area contributed by atoms with Gasteiger partial charge in [0.25, 0.3) is 0 Å². The summed E-state index contributed by atoms with van der Waals surface area (Å²) in [5.41, 5.74) is 5.79. The van der Waals surface area contributed by atoms with Gasteiger partial charge in [-0.15, -0.1) is 0 Å². The zero-order chi connectivity index (χ0) is 9.97. The summed E-state index contributed by atoms with van der Waals surface area (Å²) in [6, 6.07) is 10.9. The average molecular weight is 188 g/mol. The molecule has 1 aromatic rings. The lowest BCUT2D eigenvalue weighted by molar-refractivity contribution is 0.619. The molecule has 1 aromatic carbocycles. The Balaban J connectivity index is 2.06. The molecule has 0 bridgehead atoms. The van der Waals surface area contributed by atoms with Crippen molar-refractivity contribution in [1.82, 2.24) is 5.43 Å². The van der Waals surface area contributed by atoms with E-state index in [2.05, 4.69) is 48.6 Å². The van der Waals surface area contributed by atoms with Gasteiger partial charge in [0.2, 0.25) is 0 Å². The lowest BCUT2D eigenvalue weighted by atomic mass is 9.98. The summed E-state index contributed by atoms with van der Waals surface area (Å²) in [6.07, 6.45) is 1.04. The van der Waals surface area contributed by atoms with Crippen molar-refractivity contribution in [3.05, 3.63) is 35.9 Å². The Kier molecular flexibility index (Phi) is 2.53. The summed E-state index contributed by atoms with van der Waals surface area (Å²) in [5.74, 6) is 0.552. The van der Waals surface area contributed by atoms with Crippen LogP contribution in [-0.2, 0) is 0 Å². The first kappa shape index (κ1) is 9.25. The van der Waals surface area contributed by atoms with Gasteiger partial charge < -0.3 is 5.43 Å². The van der Waals surface area contributed by atoms with Gasteiger partial charge in [-0.05, 0) is 11.5 Å². The molecular formula is C12H16N2. The van der Waals surface area contributed by atoms with Gasteiger partial charge in [0.1, 0.15) is 0 Å². The summed E-state index contributed by atoms with van der Waals surface area (Å²) < 4.78 is 0. The predicted molar refractivity (Wildman–Crippen MR) is 59.2 cm³/mol. The van der Waals surface area contributed by atoms with Crippen LogP contribution in [-0.4, -0.2) is 5.71 Å². The topological polar surface area (TPSA) is 24.4 Å². The second-order valence-electron chi connectivity index (χ2n) is 4.05. The molecule has 1 aliphatic rings. The minimum Gasteiger partial charge on any atom is -0.302 e. The highest BCUT2D eigenvalue weighted by Crippen LogP contribution is 2.23. The molecule has 1 atom stereocenters. The molecule has 0 saturated carbocycles. The van der Waals surface area contributed by atoms with Crippen molar-refractivity contribution in [1.29, 1.82) is 0 Å². The average Bonchev–Trinajstić information content (AvgIpc) is 2.68. The van der Waals surface area contributed by atoms with E-state index in [1.165, 1.54) is 11.3 Å². The molecule has 0 aromatic heterocycles. The van der Waals surface area contributed by atoms with Gasteiger partial charge in [-0.3, -0.25) is 0 Å². The van der Waals surface area contributed by atoms with Crippen LogP contribution in [0.2, 0.25) is 0 Å². The summed E-state index contributed by atoms with van der Waals surface area (Å²) in [4.78, 5) is 0. The van der Waals surface area contributed by atoms with Crippen molar-refractivity contribution in [2.45, 2.75) is 26.3 Å². The van der Waals surface area contributed by atoms with E-state index < -0.39 is 0 Å². The Hall–Kier alpha value is -1.31. The van der Waals surface area contributed by atoms with Crippen LogP contribution in [0.1, 0.15) is 31.9 Å². The Bertz CT molecular complexity index is 327. The quantitative estimate of drug-likeness (QED) is 0.758. The van der Waals surface area contributed by atoms with Crippen LogP contribution in [0.25, 0.3) is 0 Å². The van der Waals surface area contributed by atoms with Crippen LogP contribution in [0.3, 0.4) is 0 Å². The van der Waals surface area contributed by atoms with Crippen molar-refractivity contribution in [3.63, 3.8) is 0 Å². The smallest absolute Gasteiger partial charge is 0.0742 e. The van der Waals surface area contributed by atoms with Crippen molar-refractivity contribution < 1.29 is 0 Å². The maximum absolute atomic E-state index is 4.36. The Labute approximate surface area is 85.0 Å². The SMILES string of the molecule is CC(C)C1=NNC(c2ccccc2)C1. The van der Waals surface area contributed by atoms with Crippen molar-refractivity contribution >= 4 is 5.71 Å². The van der Waals surface area contributed by atoms with Gasteiger partial charge in [0.05, 0.1) is 6.04 Å². The van der Waals surface area contributed by atoms with E-state index in [9.17, 15) is 0 Å². The molecule has 0 amide bonds. The molecule has 1 N–H and O–H groups in total. The lowest BCUT2D eigenvalue weighted by Gasteiger charge is -2.09.